The number of carboxylic acid groups (broad SMARTS) is 1. The van der Waals surface area contributed by atoms with Crippen LogP contribution in [0.15, 0.2) is 21.5 Å². The topological polar surface area (TPSA) is 75.1 Å². The van der Waals surface area contributed by atoms with Gasteiger partial charge in [0.1, 0.15) is 5.69 Å². The molecule has 0 spiro atoms. The van der Waals surface area contributed by atoms with Crippen molar-refractivity contribution >= 4 is 32.8 Å². The van der Waals surface area contributed by atoms with Gasteiger partial charge in [-0.3, -0.25) is 4.79 Å². The Kier molecular flexibility index (Phi) is 2.15. The second-order valence-corrected chi connectivity index (χ2v) is 4.02. The molecular weight excluding hydrogens is 264 g/mol. The highest BCUT2D eigenvalue weighted by Crippen LogP contribution is 2.20. The van der Waals surface area contributed by atoms with Crippen LogP contribution in [0.5, 0.6) is 0 Å². The standard InChI is InChI=1S/C9H7BrN2O3/c1-12-3-5(10)7-4(8(12)13)2-6(11-7)9(14)15/h2-3,11H,1H3,(H,14,15). The van der Waals surface area contributed by atoms with Gasteiger partial charge in [-0.25, -0.2) is 4.79 Å². The van der Waals surface area contributed by atoms with Crippen LogP contribution in [0.3, 0.4) is 0 Å². The van der Waals surface area contributed by atoms with Gasteiger partial charge in [-0.15, -0.1) is 0 Å². The van der Waals surface area contributed by atoms with Gasteiger partial charge in [-0.1, -0.05) is 0 Å². The quantitative estimate of drug-likeness (QED) is 0.821. The van der Waals surface area contributed by atoms with Gasteiger partial charge in [0.25, 0.3) is 5.56 Å². The van der Waals surface area contributed by atoms with E-state index < -0.39 is 5.97 Å². The Bertz CT molecular complexity index is 612. The predicted octanol–water partition coefficient (Wildman–Crippen LogP) is 1.33. The largest absolute Gasteiger partial charge is 0.477 e. The second kappa shape index (κ2) is 3.23. The number of nitrogens with one attached hydrogen (secondary N) is 1. The molecule has 2 aromatic rings. The summed E-state index contributed by atoms with van der Waals surface area (Å²) in [7, 11) is 1.61. The molecule has 0 fully saturated rings. The lowest BCUT2D eigenvalue weighted by Gasteiger charge is -1.98. The van der Waals surface area contributed by atoms with E-state index in [4.69, 9.17) is 5.11 Å². The highest BCUT2D eigenvalue weighted by atomic mass is 79.9. The third-order valence-electron chi connectivity index (χ3n) is 2.14. The maximum Gasteiger partial charge on any atom is 0.352 e. The van der Waals surface area contributed by atoms with Crippen molar-refractivity contribution in [1.29, 1.82) is 0 Å². The fourth-order valence-corrected chi connectivity index (χ4v) is 2.03. The fourth-order valence-electron chi connectivity index (χ4n) is 1.41. The molecule has 0 atom stereocenters. The predicted molar refractivity (Wildman–Crippen MR) is 58.2 cm³/mol. The summed E-state index contributed by atoms with van der Waals surface area (Å²) in [4.78, 5) is 25.0. The number of halogens is 1. The van der Waals surface area contributed by atoms with Crippen molar-refractivity contribution in [3.63, 3.8) is 0 Å². The van der Waals surface area contributed by atoms with Crippen LogP contribution in [0.1, 0.15) is 10.5 Å². The summed E-state index contributed by atoms with van der Waals surface area (Å²) in [5, 5.41) is 9.15. The van der Waals surface area contributed by atoms with Crippen LogP contribution < -0.4 is 5.56 Å². The van der Waals surface area contributed by atoms with Crippen molar-refractivity contribution in [3.8, 4) is 0 Å². The van der Waals surface area contributed by atoms with Gasteiger partial charge in [-0.05, 0) is 22.0 Å². The van der Waals surface area contributed by atoms with Crippen LogP contribution in [-0.4, -0.2) is 20.6 Å². The van der Waals surface area contributed by atoms with Crippen LogP contribution in [0.25, 0.3) is 10.9 Å². The molecule has 0 aliphatic rings. The van der Waals surface area contributed by atoms with Gasteiger partial charge < -0.3 is 14.7 Å². The summed E-state index contributed by atoms with van der Waals surface area (Å²) in [6.07, 6.45) is 1.59. The third kappa shape index (κ3) is 1.46. The van der Waals surface area contributed by atoms with Gasteiger partial charge in [0.15, 0.2) is 0 Å². The number of aryl methyl sites for hydroxylation is 1. The van der Waals surface area contributed by atoms with E-state index in [0.29, 0.717) is 15.4 Å². The van der Waals surface area contributed by atoms with Crippen LogP contribution in [-0.2, 0) is 7.05 Å². The van der Waals surface area contributed by atoms with Gasteiger partial charge in [0.05, 0.1) is 15.4 Å². The van der Waals surface area contributed by atoms with Crippen molar-refractivity contribution in [2.75, 3.05) is 0 Å². The van der Waals surface area contributed by atoms with E-state index in [1.807, 2.05) is 0 Å². The molecule has 0 unspecified atom stereocenters. The Morgan fingerprint density at radius 2 is 2.27 bits per heavy atom. The first-order valence-corrected chi connectivity index (χ1v) is 4.91. The maximum absolute atomic E-state index is 11.6. The van der Waals surface area contributed by atoms with E-state index in [1.165, 1.54) is 10.6 Å². The Balaban J connectivity index is 2.92. The summed E-state index contributed by atoms with van der Waals surface area (Å²) in [6, 6.07) is 1.34. The molecule has 5 nitrogen and oxygen atoms in total. The SMILES string of the molecule is Cn1cc(Br)c2[nH]c(C(=O)O)cc2c1=O. The third-order valence-corrected chi connectivity index (χ3v) is 2.75. The first-order chi connectivity index (χ1) is 7.00. The van der Waals surface area contributed by atoms with Crippen molar-refractivity contribution in [2.45, 2.75) is 0 Å². The number of aromatic amines is 1. The van der Waals surface area contributed by atoms with Gasteiger partial charge in [-0.2, -0.15) is 0 Å². The monoisotopic (exact) mass is 270 g/mol. The molecule has 0 amide bonds. The summed E-state index contributed by atoms with van der Waals surface area (Å²) in [5.41, 5.74) is 0.293. The molecule has 78 valence electrons. The normalized spacial score (nSPS) is 10.8. The summed E-state index contributed by atoms with van der Waals surface area (Å²) >= 11 is 3.26. The number of pyridine rings is 1. The molecule has 15 heavy (non-hydrogen) atoms. The number of aromatic carboxylic acids is 1. The average molecular weight is 271 g/mol. The highest BCUT2D eigenvalue weighted by Gasteiger charge is 2.12. The van der Waals surface area contributed by atoms with Crippen LogP contribution in [0, 0.1) is 0 Å². The van der Waals surface area contributed by atoms with Gasteiger partial charge in [0.2, 0.25) is 0 Å². The molecule has 0 aliphatic carbocycles. The van der Waals surface area contributed by atoms with Crippen molar-refractivity contribution in [2.24, 2.45) is 7.05 Å². The van der Waals surface area contributed by atoms with E-state index in [-0.39, 0.29) is 11.3 Å². The number of hydrogen-bond acceptors (Lipinski definition) is 2. The highest BCUT2D eigenvalue weighted by molar-refractivity contribution is 9.10. The van der Waals surface area contributed by atoms with Crippen molar-refractivity contribution in [1.82, 2.24) is 9.55 Å². The molecule has 6 heteroatoms. The molecule has 2 aromatic heterocycles. The Hall–Kier alpha value is -1.56. The molecule has 0 bridgehead atoms. The summed E-state index contributed by atoms with van der Waals surface area (Å²) in [6.45, 7) is 0. The summed E-state index contributed by atoms with van der Waals surface area (Å²) < 4.78 is 2.05. The molecule has 0 radical (unpaired) electrons. The molecule has 2 rings (SSSR count). The smallest absolute Gasteiger partial charge is 0.352 e. The number of nitrogens with zero attached hydrogens (tertiary/aromatic N) is 1. The van der Waals surface area contributed by atoms with Crippen molar-refractivity contribution in [3.05, 3.63) is 32.8 Å². The van der Waals surface area contributed by atoms with E-state index in [2.05, 4.69) is 20.9 Å². The van der Waals surface area contributed by atoms with E-state index in [1.54, 1.807) is 13.2 Å². The lowest BCUT2D eigenvalue weighted by Crippen LogP contribution is -2.15. The molecule has 0 aromatic carbocycles. The lowest BCUT2D eigenvalue weighted by molar-refractivity contribution is 0.0691. The molecule has 0 saturated carbocycles. The second-order valence-electron chi connectivity index (χ2n) is 3.17. The van der Waals surface area contributed by atoms with E-state index >= 15 is 0 Å². The molecule has 0 aliphatic heterocycles. The number of carbonyl (C=O) groups is 1. The summed E-state index contributed by atoms with van der Waals surface area (Å²) in [5.74, 6) is -1.08. The molecular formula is C9H7BrN2O3. The van der Waals surface area contributed by atoms with Crippen LogP contribution in [0.2, 0.25) is 0 Å². The Morgan fingerprint density at radius 1 is 1.60 bits per heavy atom. The van der Waals surface area contributed by atoms with Gasteiger partial charge >= 0.3 is 5.97 Å². The number of aromatic nitrogens is 2. The maximum atomic E-state index is 11.6. The zero-order valence-corrected chi connectivity index (χ0v) is 9.33. The molecule has 0 saturated heterocycles. The number of carboxylic acids is 1. The minimum atomic E-state index is -1.08. The molecule has 2 heterocycles. The van der Waals surface area contributed by atoms with E-state index in [9.17, 15) is 9.59 Å². The first kappa shape index (κ1) is 9.97. The zero-order chi connectivity index (χ0) is 11.2. The first-order valence-electron chi connectivity index (χ1n) is 4.12. The average Bonchev–Trinajstić information content (AvgIpc) is 2.59. The van der Waals surface area contributed by atoms with Gasteiger partial charge in [0, 0.05) is 13.2 Å². The number of fused-ring (bicyclic) bond motifs is 1. The van der Waals surface area contributed by atoms with E-state index in [0.717, 1.165) is 0 Å². The number of rotatable bonds is 1. The van der Waals surface area contributed by atoms with Crippen molar-refractivity contribution < 1.29 is 9.90 Å². The number of H-pyrrole nitrogens is 1. The fraction of sp³-hybridized carbons (Fsp3) is 0.111. The zero-order valence-electron chi connectivity index (χ0n) is 7.74. The Morgan fingerprint density at radius 3 is 2.87 bits per heavy atom. The minimum absolute atomic E-state index is 0.00833. The van der Waals surface area contributed by atoms with Crippen LogP contribution in [0.4, 0.5) is 0 Å². The molecule has 2 N–H and O–H groups in total. The Labute approximate surface area is 92.5 Å². The number of hydrogen-bond donors (Lipinski definition) is 2. The minimum Gasteiger partial charge on any atom is -0.477 e. The lowest BCUT2D eigenvalue weighted by atomic mass is 10.3. The van der Waals surface area contributed by atoms with Crippen LogP contribution >= 0.6 is 15.9 Å².